The van der Waals surface area contributed by atoms with E-state index in [1.54, 1.807) is 6.20 Å². The second-order valence-corrected chi connectivity index (χ2v) is 5.94. The predicted molar refractivity (Wildman–Crippen MR) is 79.4 cm³/mol. The SMILES string of the molecule is Cc1ccnc(NCCNC(=O)OC(C)(C)C)c1Br. The number of ether oxygens (including phenoxy) is 1. The lowest BCUT2D eigenvalue weighted by molar-refractivity contribution is 0.0530. The van der Waals surface area contributed by atoms with E-state index >= 15 is 0 Å². The van der Waals surface area contributed by atoms with E-state index in [0.29, 0.717) is 13.1 Å². The maximum absolute atomic E-state index is 11.4. The van der Waals surface area contributed by atoms with Crippen molar-refractivity contribution in [3.63, 3.8) is 0 Å². The van der Waals surface area contributed by atoms with Crippen LogP contribution in [0.1, 0.15) is 26.3 Å². The van der Waals surface area contributed by atoms with Crippen LogP contribution in [0.15, 0.2) is 16.7 Å². The predicted octanol–water partition coefficient (Wildman–Crippen LogP) is 3.09. The number of pyridine rings is 1. The van der Waals surface area contributed by atoms with Gasteiger partial charge in [-0.15, -0.1) is 0 Å². The molecule has 5 nitrogen and oxygen atoms in total. The van der Waals surface area contributed by atoms with Crippen LogP contribution in [-0.2, 0) is 4.74 Å². The third-order valence-electron chi connectivity index (χ3n) is 2.17. The first-order valence-electron chi connectivity index (χ1n) is 6.11. The zero-order chi connectivity index (χ0) is 14.5. The molecule has 0 radical (unpaired) electrons. The summed E-state index contributed by atoms with van der Waals surface area (Å²) in [4.78, 5) is 15.6. The Morgan fingerprint density at radius 2 is 2.11 bits per heavy atom. The van der Waals surface area contributed by atoms with Crippen LogP contribution in [0.2, 0.25) is 0 Å². The average molecular weight is 330 g/mol. The lowest BCUT2D eigenvalue weighted by atomic mass is 10.2. The minimum absolute atomic E-state index is 0.412. The molecule has 0 atom stereocenters. The second kappa shape index (κ2) is 6.75. The fraction of sp³-hybridized carbons (Fsp3) is 0.538. The van der Waals surface area contributed by atoms with Crippen molar-refractivity contribution in [1.82, 2.24) is 10.3 Å². The molecule has 6 heteroatoms. The summed E-state index contributed by atoms with van der Waals surface area (Å²) >= 11 is 3.46. The van der Waals surface area contributed by atoms with E-state index in [2.05, 4.69) is 31.5 Å². The van der Waals surface area contributed by atoms with Crippen LogP contribution in [0.3, 0.4) is 0 Å². The van der Waals surface area contributed by atoms with Crippen molar-refractivity contribution >= 4 is 27.8 Å². The van der Waals surface area contributed by atoms with Crippen LogP contribution in [0.5, 0.6) is 0 Å². The Hall–Kier alpha value is -1.30. The monoisotopic (exact) mass is 329 g/mol. The van der Waals surface area contributed by atoms with Crippen LogP contribution in [-0.4, -0.2) is 29.8 Å². The smallest absolute Gasteiger partial charge is 0.407 e. The number of rotatable bonds is 4. The van der Waals surface area contributed by atoms with Crippen molar-refractivity contribution in [2.75, 3.05) is 18.4 Å². The van der Waals surface area contributed by atoms with Gasteiger partial charge in [0.05, 0.1) is 4.47 Å². The van der Waals surface area contributed by atoms with E-state index < -0.39 is 11.7 Å². The Labute approximate surface area is 122 Å². The molecule has 0 bridgehead atoms. The molecule has 0 fully saturated rings. The Balaban J connectivity index is 2.32. The number of nitrogens with zero attached hydrogens (tertiary/aromatic N) is 1. The molecule has 1 heterocycles. The molecule has 106 valence electrons. The van der Waals surface area contributed by atoms with Crippen LogP contribution in [0.4, 0.5) is 10.6 Å². The van der Waals surface area contributed by atoms with Crippen molar-refractivity contribution in [1.29, 1.82) is 0 Å². The quantitative estimate of drug-likeness (QED) is 0.833. The van der Waals surface area contributed by atoms with Gasteiger partial charge in [-0.3, -0.25) is 0 Å². The maximum atomic E-state index is 11.4. The summed E-state index contributed by atoms with van der Waals surface area (Å²) < 4.78 is 6.07. The lowest BCUT2D eigenvalue weighted by Gasteiger charge is -2.19. The first-order valence-corrected chi connectivity index (χ1v) is 6.91. The van der Waals surface area contributed by atoms with E-state index in [4.69, 9.17) is 4.74 Å². The van der Waals surface area contributed by atoms with Crippen molar-refractivity contribution < 1.29 is 9.53 Å². The largest absolute Gasteiger partial charge is 0.444 e. The molecule has 0 saturated carbocycles. The number of alkyl carbamates (subject to hydrolysis) is 1. The minimum atomic E-state index is -0.474. The van der Waals surface area contributed by atoms with Gasteiger partial charge in [0.2, 0.25) is 0 Å². The maximum Gasteiger partial charge on any atom is 0.407 e. The van der Waals surface area contributed by atoms with Gasteiger partial charge in [0, 0.05) is 19.3 Å². The second-order valence-electron chi connectivity index (χ2n) is 5.15. The first-order chi connectivity index (χ1) is 8.79. The van der Waals surface area contributed by atoms with E-state index in [-0.39, 0.29) is 0 Å². The van der Waals surface area contributed by atoms with E-state index in [1.165, 1.54) is 0 Å². The van der Waals surface area contributed by atoms with Crippen molar-refractivity contribution in [2.24, 2.45) is 0 Å². The first kappa shape index (κ1) is 15.8. The molecule has 19 heavy (non-hydrogen) atoms. The van der Waals surface area contributed by atoms with Crippen molar-refractivity contribution in [2.45, 2.75) is 33.3 Å². The number of aromatic nitrogens is 1. The van der Waals surface area contributed by atoms with E-state index in [1.807, 2.05) is 33.8 Å². The molecule has 0 aromatic carbocycles. The van der Waals surface area contributed by atoms with Gasteiger partial charge in [0.1, 0.15) is 11.4 Å². The lowest BCUT2D eigenvalue weighted by Crippen LogP contribution is -2.35. The van der Waals surface area contributed by atoms with Crippen molar-refractivity contribution in [3.05, 3.63) is 22.3 Å². The van der Waals surface area contributed by atoms with E-state index in [9.17, 15) is 4.79 Å². The average Bonchev–Trinajstić information content (AvgIpc) is 2.27. The fourth-order valence-corrected chi connectivity index (χ4v) is 1.70. The molecule has 0 unspecified atom stereocenters. The van der Waals surface area contributed by atoms with Gasteiger partial charge in [0.15, 0.2) is 0 Å². The molecule has 1 aromatic rings. The van der Waals surface area contributed by atoms with Crippen LogP contribution < -0.4 is 10.6 Å². The van der Waals surface area contributed by atoms with Gasteiger partial charge in [-0.1, -0.05) is 0 Å². The molecular weight excluding hydrogens is 310 g/mol. The molecule has 0 saturated heterocycles. The number of hydrogen-bond acceptors (Lipinski definition) is 4. The number of nitrogens with one attached hydrogen (secondary N) is 2. The molecule has 1 amide bonds. The molecule has 0 aliphatic rings. The van der Waals surface area contributed by atoms with Crippen molar-refractivity contribution in [3.8, 4) is 0 Å². The highest BCUT2D eigenvalue weighted by molar-refractivity contribution is 9.10. The number of carbonyl (C=O) groups is 1. The number of anilines is 1. The number of amides is 1. The van der Waals surface area contributed by atoms with Gasteiger partial charge in [-0.2, -0.15) is 0 Å². The van der Waals surface area contributed by atoms with Gasteiger partial charge >= 0.3 is 6.09 Å². The molecule has 0 spiro atoms. The molecule has 0 aliphatic heterocycles. The highest BCUT2D eigenvalue weighted by Crippen LogP contribution is 2.22. The van der Waals surface area contributed by atoms with Gasteiger partial charge in [0.25, 0.3) is 0 Å². The molecule has 0 aliphatic carbocycles. The normalized spacial score (nSPS) is 11.0. The highest BCUT2D eigenvalue weighted by atomic mass is 79.9. The Kier molecular flexibility index (Phi) is 5.60. The fourth-order valence-electron chi connectivity index (χ4n) is 1.32. The summed E-state index contributed by atoms with van der Waals surface area (Å²) in [7, 11) is 0. The Morgan fingerprint density at radius 3 is 2.74 bits per heavy atom. The number of hydrogen-bond donors (Lipinski definition) is 2. The van der Waals surface area contributed by atoms with Crippen LogP contribution >= 0.6 is 15.9 Å². The summed E-state index contributed by atoms with van der Waals surface area (Å²) in [5.74, 6) is 0.769. The van der Waals surface area contributed by atoms with Gasteiger partial charge in [-0.05, 0) is 55.3 Å². The molecule has 1 aromatic heterocycles. The Bertz CT molecular complexity index is 444. The number of aryl methyl sites for hydroxylation is 1. The van der Waals surface area contributed by atoms with Gasteiger partial charge in [-0.25, -0.2) is 9.78 Å². The van der Waals surface area contributed by atoms with Crippen LogP contribution in [0.25, 0.3) is 0 Å². The summed E-state index contributed by atoms with van der Waals surface area (Å²) in [6.45, 7) is 8.54. The Morgan fingerprint density at radius 1 is 1.42 bits per heavy atom. The third kappa shape index (κ3) is 5.92. The molecular formula is C13H20BrN3O2. The standard InChI is InChI=1S/C13H20BrN3O2/c1-9-5-6-15-11(10(9)14)16-7-8-17-12(18)19-13(2,3)4/h5-6H,7-8H2,1-4H3,(H,15,16)(H,17,18). The van der Waals surface area contributed by atoms with E-state index in [0.717, 1.165) is 15.9 Å². The molecule has 1 rings (SSSR count). The topological polar surface area (TPSA) is 63.2 Å². The highest BCUT2D eigenvalue weighted by Gasteiger charge is 2.15. The van der Waals surface area contributed by atoms with Crippen LogP contribution in [0, 0.1) is 6.92 Å². The summed E-state index contributed by atoms with van der Waals surface area (Å²) in [5, 5.41) is 5.82. The zero-order valence-electron chi connectivity index (χ0n) is 11.7. The zero-order valence-corrected chi connectivity index (χ0v) is 13.3. The number of halogens is 1. The summed E-state index contributed by atoms with van der Waals surface area (Å²) in [6, 6.07) is 1.92. The summed E-state index contributed by atoms with van der Waals surface area (Å²) in [5.41, 5.74) is 0.635. The summed E-state index contributed by atoms with van der Waals surface area (Å²) in [6.07, 6.45) is 1.33. The van der Waals surface area contributed by atoms with Gasteiger partial charge < -0.3 is 15.4 Å². The molecule has 2 N–H and O–H groups in total. The minimum Gasteiger partial charge on any atom is -0.444 e. The number of carbonyl (C=O) groups excluding carboxylic acids is 1. The third-order valence-corrected chi connectivity index (χ3v) is 3.17.